The average Bonchev–Trinajstić information content (AvgIpc) is 2.91. The molecule has 7 nitrogen and oxygen atoms in total. The number of carbonyl (C=O) groups excluding carboxylic acids is 1. The number of anilines is 1. The van der Waals surface area contributed by atoms with Gasteiger partial charge in [-0.1, -0.05) is 24.3 Å². The van der Waals surface area contributed by atoms with Crippen molar-refractivity contribution in [3.05, 3.63) is 41.7 Å². The molecule has 1 aliphatic carbocycles. The van der Waals surface area contributed by atoms with Crippen LogP contribution in [-0.2, 0) is 19.1 Å². The molecule has 0 aliphatic heterocycles. The third kappa shape index (κ3) is 2.80. The summed E-state index contributed by atoms with van der Waals surface area (Å²) in [6, 6.07) is 7.43. The van der Waals surface area contributed by atoms with Crippen LogP contribution in [0.1, 0.15) is 24.0 Å². The monoisotopic (exact) mass is 301 g/mol. The second-order valence-corrected chi connectivity index (χ2v) is 5.56. The molecule has 2 aromatic rings. The molecule has 7 heteroatoms. The van der Waals surface area contributed by atoms with Gasteiger partial charge >= 0.3 is 6.03 Å². The van der Waals surface area contributed by atoms with E-state index in [-0.39, 0.29) is 6.54 Å². The molecule has 1 atom stereocenters. The number of nitrogens with zero attached hydrogens (tertiary/aromatic N) is 3. The number of aliphatic hydroxyl groups is 1. The van der Waals surface area contributed by atoms with Crippen LogP contribution in [-0.4, -0.2) is 32.4 Å². The minimum Gasteiger partial charge on any atom is -0.383 e. The van der Waals surface area contributed by atoms with Crippen molar-refractivity contribution in [1.82, 2.24) is 20.1 Å². The van der Waals surface area contributed by atoms with E-state index in [1.165, 1.54) is 11.0 Å². The fraction of sp³-hybridized carbons (Fsp3) is 0.400. The fourth-order valence-corrected chi connectivity index (χ4v) is 2.86. The number of aromatic nitrogens is 3. The van der Waals surface area contributed by atoms with Gasteiger partial charge in [-0.3, -0.25) is 5.32 Å². The molecule has 0 spiro atoms. The maximum Gasteiger partial charge on any atom is 0.321 e. The summed E-state index contributed by atoms with van der Waals surface area (Å²) in [5, 5.41) is 20.1. The number of urea groups is 1. The Morgan fingerprint density at radius 2 is 2.27 bits per heavy atom. The smallest absolute Gasteiger partial charge is 0.321 e. The maximum atomic E-state index is 11.9. The molecule has 1 heterocycles. The molecule has 0 bridgehead atoms. The highest BCUT2D eigenvalue weighted by molar-refractivity contribution is 5.87. The highest BCUT2D eigenvalue weighted by atomic mass is 16.3. The summed E-state index contributed by atoms with van der Waals surface area (Å²) in [4.78, 5) is 15.9. The van der Waals surface area contributed by atoms with Crippen molar-refractivity contribution in [3.8, 4) is 0 Å². The van der Waals surface area contributed by atoms with E-state index in [2.05, 4.69) is 20.7 Å². The summed E-state index contributed by atoms with van der Waals surface area (Å²) in [6.07, 6.45) is 3.86. The molecule has 1 aliphatic rings. The van der Waals surface area contributed by atoms with Gasteiger partial charge in [-0.15, -0.1) is 0 Å². The number of aryl methyl sites for hydroxylation is 2. The van der Waals surface area contributed by atoms with E-state index in [0.717, 1.165) is 24.0 Å². The van der Waals surface area contributed by atoms with Gasteiger partial charge in [0.1, 0.15) is 11.9 Å². The van der Waals surface area contributed by atoms with Gasteiger partial charge in [-0.25, -0.2) is 9.48 Å². The first-order chi connectivity index (χ1) is 10.6. The standard InChI is InChI=1S/C15H19N5O2/c1-20-13(17-10-18-20)19-14(21)16-9-15(22)8-4-6-11-5-2-3-7-12(11)15/h2-3,5,7,10,22H,4,6,8-9H2,1H3,(H2,16,17,18,19,21). The number of nitrogens with one attached hydrogen (secondary N) is 2. The Hall–Kier alpha value is -2.41. The molecule has 0 radical (unpaired) electrons. The lowest BCUT2D eigenvalue weighted by Crippen LogP contribution is -2.44. The first kappa shape index (κ1) is 14.5. The minimum atomic E-state index is -1.02. The number of hydrogen-bond acceptors (Lipinski definition) is 4. The summed E-state index contributed by atoms with van der Waals surface area (Å²) in [6.45, 7) is 0.160. The highest BCUT2D eigenvalue weighted by Gasteiger charge is 2.34. The second kappa shape index (κ2) is 5.76. The minimum absolute atomic E-state index is 0.160. The van der Waals surface area contributed by atoms with Gasteiger partial charge < -0.3 is 10.4 Å². The van der Waals surface area contributed by atoms with Gasteiger partial charge in [0.25, 0.3) is 0 Å². The van der Waals surface area contributed by atoms with Gasteiger partial charge in [0.2, 0.25) is 5.95 Å². The van der Waals surface area contributed by atoms with Crippen molar-refractivity contribution in [2.75, 3.05) is 11.9 Å². The topological polar surface area (TPSA) is 92.1 Å². The van der Waals surface area contributed by atoms with E-state index in [1.807, 2.05) is 24.3 Å². The predicted molar refractivity (Wildman–Crippen MR) is 81.3 cm³/mol. The molecule has 0 saturated carbocycles. The van der Waals surface area contributed by atoms with Gasteiger partial charge in [0, 0.05) is 7.05 Å². The number of amides is 2. The third-order valence-corrected chi connectivity index (χ3v) is 4.03. The predicted octanol–water partition coefficient (Wildman–Crippen LogP) is 1.16. The molecular weight excluding hydrogens is 282 g/mol. The van der Waals surface area contributed by atoms with Crippen LogP contribution >= 0.6 is 0 Å². The molecule has 116 valence electrons. The van der Waals surface area contributed by atoms with E-state index in [1.54, 1.807) is 7.05 Å². The average molecular weight is 301 g/mol. The Morgan fingerprint density at radius 3 is 3.05 bits per heavy atom. The molecule has 1 unspecified atom stereocenters. The second-order valence-electron chi connectivity index (χ2n) is 5.56. The van der Waals surface area contributed by atoms with Crippen molar-refractivity contribution < 1.29 is 9.90 Å². The summed E-state index contributed by atoms with van der Waals surface area (Å²) >= 11 is 0. The van der Waals surface area contributed by atoms with Crippen LogP contribution in [0, 0.1) is 0 Å². The van der Waals surface area contributed by atoms with Gasteiger partial charge in [-0.2, -0.15) is 10.1 Å². The maximum absolute atomic E-state index is 11.9. The molecule has 1 aromatic carbocycles. The molecule has 22 heavy (non-hydrogen) atoms. The molecule has 3 rings (SSSR count). The summed E-state index contributed by atoms with van der Waals surface area (Å²) < 4.78 is 1.46. The Labute approximate surface area is 128 Å². The molecule has 0 saturated heterocycles. The van der Waals surface area contributed by atoms with E-state index < -0.39 is 11.6 Å². The van der Waals surface area contributed by atoms with Crippen LogP contribution in [0.3, 0.4) is 0 Å². The van der Waals surface area contributed by atoms with Crippen LogP contribution in [0.25, 0.3) is 0 Å². The first-order valence-corrected chi connectivity index (χ1v) is 7.28. The molecule has 0 fully saturated rings. The summed E-state index contributed by atoms with van der Waals surface area (Å²) in [7, 11) is 1.69. The molecule has 2 amide bonds. The van der Waals surface area contributed by atoms with Crippen molar-refractivity contribution in [3.63, 3.8) is 0 Å². The van der Waals surface area contributed by atoms with Crippen LogP contribution in [0.15, 0.2) is 30.6 Å². The zero-order valence-corrected chi connectivity index (χ0v) is 12.4. The van der Waals surface area contributed by atoms with E-state index in [0.29, 0.717) is 12.4 Å². The molecule has 1 aromatic heterocycles. The number of fused-ring (bicyclic) bond motifs is 1. The lowest BCUT2D eigenvalue weighted by molar-refractivity contribution is 0.0221. The third-order valence-electron chi connectivity index (χ3n) is 4.03. The van der Waals surface area contributed by atoms with E-state index in [9.17, 15) is 9.90 Å². The van der Waals surface area contributed by atoms with Gasteiger partial charge in [0.05, 0.1) is 6.54 Å². The first-order valence-electron chi connectivity index (χ1n) is 7.28. The number of hydrogen-bond donors (Lipinski definition) is 3. The zero-order valence-electron chi connectivity index (χ0n) is 12.4. The van der Waals surface area contributed by atoms with Crippen LogP contribution in [0.5, 0.6) is 0 Å². The highest BCUT2D eigenvalue weighted by Crippen LogP contribution is 2.34. The lowest BCUT2D eigenvalue weighted by atomic mass is 9.79. The Morgan fingerprint density at radius 1 is 1.45 bits per heavy atom. The largest absolute Gasteiger partial charge is 0.383 e. The van der Waals surface area contributed by atoms with Crippen LogP contribution in [0.2, 0.25) is 0 Å². The van der Waals surface area contributed by atoms with Crippen LogP contribution < -0.4 is 10.6 Å². The van der Waals surface area contributed by atoms with Crippen molar-refractivity contribution in [1.29, 1.82) is 0 Å². The van der Waals surface area contributed by atoms with E-state index in [4.69, 9.17) is 0 Å². The fourth-order valence-electron chi connectivity index (χ4n) is 2.86. The van der Waals surface area contributed by atoms with Crippen molar-refractivity contribution >= 4 is 12.0 Å². The normalized spacial score (nSPS) is 20.3. The number of rotatable bonds is 3. The summed E-state index contributed by atoms with van der Waals surface area (Å²) in [5.41, 5.74) is 1.03. The Kier molecular flexibility index (Phi) is 3.81. The van der Waals surface area contributed by atoms with Crippen molar-refractivity contribution in [2.45, 2.75) is 24.9 Å². The molecule has 3 N–H and O–H groups in total. The Bertz CT molecular complexity index is 684. The Balaban J connectivity index is 1.66. The SMILES string of the molecule is Cn1ncnc1NC(=O)NCC1(O)CCCc2ccccc21. The van der Waals surface area contributed by atoms with Crippen LogP contribution in [0.4, 0.5) is 10.7 Å². The van der Waals surface area contributed by atoms with Gasteiger partial charge in [0.15, 0.2) is 0 Å². The summed E-state index contributed by atoms with van der Waals surface area (Å²) in [5.74, 6) is 0.355. The number of benzene rings is 1. The quantitative estimate of drug-likeness (QED) is 0.793. The zero-order chi connectivity index (χ0) is 15.6. The van der Waals surface area contributed by atoms with E-state index >= 15 is 0 Å². The molecular formula is C15H19N5O2. The van der Waals surface area contributed by atoms with Gasteiger partial charge in [-0.05, 0) is 30.4 Å². The lowest BCUT2D eigenvalue weighted by Gasteiger charge is -2.34. The van der Waals surface area contributed by atoms with Crippen molar-refractivity contribution in [2.24, 2.45) is 7.05 Å². The number of carbonyl (C=O) groups is 1.